The minimum absolute atomic E-state index is 0.0561. The van der Waals surface area contributed by atoms with E-state index in [0.717, 1.165) is 24.5 Å². The number of para-hydroxylation sites is 1. The van der Waals surface area contributed by atoms with Crippen molar-refractivity contribution in [3.8, 4) is 0 Å². The van der Waals surface area contributed by atoms with Crippen molar-refractivity contribution in [3.05, 3.63) is 54.5 Å². The molecule has 3 amide bonds. The molecule has 2 saturated heterocycles. The Morgan fingerprint density at radius 3 is 2.39 bits per heavy atom. The zero-order valence-electron chi connectivity index (χ0n) is 18.0. The number of benzene rings is 1. The summed E-state index contributed by atoms with van der Waals surface area (Å²) in [4.78, 5) is 29.5. The van der Waals surface area contributed by atoms with Crippen molar-refractivity contribution in [2.75, 3.05) is 38.0 Å². The summed E-state index contributed by atoms with van der Waals surface area (Å²) in [6.45, 7) is 3.81. The summed E-state index contributed by atoms with van der Waals surface area (Å²) in [5, 5.41) is 6.08. The van der Waals surface area contributed by atoms with Crippen molar-refractivity contribution in [1.29, 1.82) is 0 Å². The van der Waals surface area contributed by atoms with Crippen LogP contribution in [0.25, 0.3) is 0 Å². The summed E-state index contributed by atoms with van der Waals surface area (Å²) in [6, 6.07) is 13.3. The Labute approximate surface area is 183 Å². The van der Waals surface area contributed by atoms with Crippen molar-refractivity contribution in [2.24, 2.45) is 5.92 Å². The molecule has 0 spiro atoms. The standard InChI is InChI=1S/C24H32N4O3/c29-23(25-18-21(22-10-7-17-31-22)27-13-5-2-6-14-27)19-11-15-28(16-12-19)24(30)26-20-8-3-1-4-9-20/h1,3-4,7-10,17,19,21H,2,5-6,11-16,18H2,(H,25,29)(H,26,30)/t21-/m1/s1. The lowest BCUT2D eigenvalue weighted by molar-refractivity contribution is -0.126. The molecule has 7 heteroatoms. The first-order chi connectivity index (χ1) is 15.2. The van der Waals surface area contributed by atoms with Gasteiger partial charge in [0.1, 0.15) is 5.76 Å². The van der Waals surface area contributed by atoms with Gasteiger partial charge in [-0.15, -0.1) is 0 Å². The number of nitrogens with zero attached hydrogens (tertiary/aromatic N) is 2. The quantitative estimate of drug-likeness (QED) is 0.738. The van der Waals surface area contributed by atoms with E-state index in [0.29, 0.717) is 32.5 Å². The molecular formula is C24H32N4O3. The van der Waals surface area contributed by atoms with Gasteiger partial charge in [-0.3, -0.25) is 9.69 Å². The van der Waals surface area contributed by atoms with Crippen LogP contribution < -0.4 is 10.6 Å². The fraction of sp³-hybridized carbons (Fsp3) is 0.500. The molecule has 0 unspecified atom stereocenters. The van der Waals surface area contributed by atoms with Gasteiger partial charge in [0.2, 0.25) is 5.91 Å². The van der Waals surface area contributed by atoms with E-state index >= 15 is 0 Å². The fourth-order valence-corrected chi connectivity index (χ4v) is 4.53. The number of piperidine rings is 2. The maximum atomic E-state index is 12.8. The summed E-state index contributed by atoms with van der Waals surface area (Å²) in [6.07, 6.45) is 6.71. The zero-order valence-corrected chi connectivity index (χ0v) is 18.0. The molecule has 2 aliphatic rings. The second-order valence-electron chi connectivity index (χ2n) is 8.43. The molecule has 2 fully saturated rings. The highest BCUT2D eigenvalue weighted by molar-refractivity contribution is 5.89. The number of hydrogen-bond donors (Lipinski definition) is 2. The molecule has 1 aromatic heterocycles. The Morgan fingerprint density at radius 1 is 0.968 bits per heavy atom. The first-order valence-corrected chi connectivity index (χ1v) is 11.4. The second kappa shape index (κ2) is 10.5. The van der Waals surface area contributed by atoms with Gasteiger partial charge in [0, 0.05) is 31.2 Å². The van der Waals surface area contributed by atoms with Crippen LogP contribution in [0.2, 0.25) is 0 Å². The van der Waals surface area contributed by atoms with Crippen LogP contribution in [0.15, 0.2) is 53.1 Å². The normalized spacial score (nSPS) is 19.0. The zero-order chi connectivity index (χ0) is 21.5. The molecule has 0 bridgehead atoms. The minimum Gasteiger partial charge on any atom is -0.468 e. The largest absolute Gasteiger partial charge is 0.468 e. The Hall–Kier alpha value is -2.80. The van der Waals surface area contributed by atoms with Crippen LogP contribution in [0.5, 0.6) is 0 Å². The Balaban J connectivity index is 1.26. The van der Waals surface area contributed by atoms with Crippen LogP contribution in [0.1, 0.15) is 43.9 Å². The monoisotopic (exact) mass is 424 g/mol. The average Bonchev–Trinajstić information content (AvgIpc) is 3.35. The summed E-state index contributed by atoms with van der Waals surface area (Å²) in [5.74, 6) is 0.936. The number of urea groups is 1. The molecule has 2 aromatic rings. The van der Waals surface area contributed by atoms with Crippen molar-refractivity contribution >= 4 is 17.6 Å². The topological polar surface area (TPSA) is 77.8 Å². The predicted octanol–water partition coefficient (Wildman–Crippen LogP) is 3.87. The Bertz CT molecular complexity index is 826. The Kier molecular flexibility index (Phi) is 7.25. The molecule has 0 aliphatic carbocycles. The van der Waals surface area contributed by atoms with Crippen LogP contribution in [0.4, 0.5) is 10.5 Å². The van der Waals surface area contributed by atoms with E-state index in [2.05, 4.69) is 15.5 Å². The average molecular weight is 425 g/mol. The van der Waals surface area contributed by atoms with E-state index in [1.807, 2.05) is 42.5 Å². The number of anilines is 1. The van der Waals surface area contributed by atoms with Crippen molar-refractivity contribution in [1.82, 2.24) is 15.1 Å². The van der Waals surface area contributed by atoms with E-state index in [1.54, 1.807) is 11.2 Å². The fourth-order valence-electron chi connectivity index (χ4n) is 4.53. The van der Waals surface area contributed by atoms with Gasteiger partial charge < -0.3 is 20.0 Å². The van der Waals surface area contributed by atoms with Crippen LogP contribution in [0, 0.1) is 5.92 Å². The van der Waals surface area contributed by atoms with Gasteiger partial charge in [-0.1, -0.05) is 24.6 Å². The van der Waals surface area contributed by atoms with E-state index in [1.165, 1.54) is 19.3 Å². The molecule has 1 atom stereocenters. The summed E-state index contributed by atoms with van der Waals surface area (Å²) >= 11 is 0. The number of amides is 3. The van der Waals surface area contributed by atoms with Gasteiger partial charge in [-0.2, -0.15) is 0 Å². The lowest BCUT2D eigenvalue weighted by Crippen LogP contribution is -2.46. The lowest BCUT2D eigenvalue weighted by Gasteiger charge is -2.34. The number of furan rings is 1. The van der Waals surface area contributed by atoms with Crippen molar-refractivity contribution in [2.45, 2.75) is 38.1 Å². The smallest absolute Gasteiger partial charge is 0.321 e. The number of hydrogen-bond acceptors (Lipinski definition) is 4. The SMILES string of the molecule is O=C(NC[C@H](c1ccco1)N1CCCCC1)C1CCN(C(=O)Nc2ccccc2)CC1. The minimum atomic E-state index is -0.104. The number of nitrogens with one attached hydrogen (secondary N) is 2. The van der Waals surface area contributed by atoms with Gasteiger partial charge >= 0.3 is 6.03 Å². The van der Waals surface area contributed by atoms with Crippen LogP contribution in [-0.4, -0.2) is 54.5 Å². The highest BCUT2D eigenvalue weighted by Gasteiger charge is 2.29. The molecule has 7 nitrogen and oxygen atoms in total. The number of rotatable bonds is 6. The molecule has 2 N–H and O–H groups in total. The van der Waals surface area contributed by atoms with Gasteiger partial charge in [0.25, 0.3) is 0 Å². The molecule has 0 radical (unpaired) electrons. The molecule has 1 aromatic carbocycles. The second-order valence-corrected chi connectivity index (χ2v) is 8.43. The van der Waals surface area contributed by atoms with Gasteiger partial charge in [-0.05, 0) is 63.0 Å². The van der Waals surface area contributed by atoms with E-state index in [4.69, 9.17) is 4.42 Å². The van der Waals surface area contributed by atoms with E-state index < -0.39 is 0 Å². The molecular weight excluding hydrogens is 392 g/mol. The molecule has 166 valence electrons. The van der Waals surface area contributed by atoms with E-state index in [-0.39, 0.29) is 23.9 Å². The van der Waals surface area contributed by atoms with Crippen molar-refractivity contribution in [3.63, 3.8) is 0 Å². The summed E-state index contributed by atoms with van der Waals surface area (Å²) in [5.41, 5.74) is 0.786. The summed E-state index contributed by atoms with van der Waals surface area (Å²) in [7, 11) is 0. The van der Waals surface area contributed by atoms with Crippen LogP contribution in [0.3, 0.4) is 0 Å². The summed E-state index contributed by atoms with van der Waals surface area (Å²) < 4.78 is 5.67. The molecule has 0 saturated carbocycles. The maximum absolute atomic E-state index is 12.8. The van der Waals surface area contributed by atoms with Crippen LogP contribution >= 0.6 is 0 Å². The number of likely N-dealkylation sites (tertiary alicyclic amines) is 2. The maximum Gasteiger partial charge on any atom is 0.321 e. The van der Waals surface area contributed by atoms with Gasteiger partial charge in [0.15, 0.2) is 0 Å². The third kappa shape index (κ3) is 5.67. The number of carbonyl (C=O) groups excluding carboxylic acids is 2. The molecule has 2 aliphatic heterocycles. The first-order valence-electron chi connectivity index (χ1n) is 11.4. The third-order valence-corrected chi connectivity index (χ3v) is 6.35. The predicted molar refractivity (Wildman–Crippen MR) is 120 cm³/mol. The van der Waals surface area contributed by atoms with Gasteiger partial charge in [0.05, 0.1) is 12.3 Å². The van der Waals surface area contributed by atoms with Crippen molar-refractivity contribution < 1.29 is 14.0 Å². The van der Waals surface area contributed by atoms with Crippen LogP contribution in [-0.2, 0) is 4.79 Å². The third-order valence-electron chi connectivity index (χ3n) is 6.35. The molecule has 4 rings (SSSR count). The van der Waals surface area contributed by atoms with E-state index in [9.17, 15) is 9.59 Å². The molecule has 31 heavy (non-hydrogen) atoms. The highest BCUT2D eigenvalue weighted by Crippen LogP contribution is 2.25. The van der Waals surface area contributed by atoms with Gasteiger partial charge in [-0.25, -0.2) is 4.79 Å². The first kappa shape index (κ1) is 21.4. The lowest BCUT2D eigenvalue weighted by atomic mass is 9.96. The Morgan fingerprint density at radius 2 is 1.71 bits per heavy atom. The molecule has 3 heterocycles. The number of carbonyl (C=O) groups is 2. The highest BCUT2D eigenvalue weighted by atomic mass is 16.3.